The zero-order valence-corrected chi connectivity index (χ0v) is 19.7. The van der Waals surface area contributed by atoms with Crippen LogP contribution in [0.15, 0.2) is 48.6 Å². The monoisotopic (exact) mass is 495 g/mol. The Morgan fingerprint density at radius 1 is 1.17 bits per heavy atom. The third-order valence-electron chi connectivity index (χ3n) is 7.27. The van der Waals surface area contributed by atoms with Crippen LogP contribution in [0, 0.1) is 11.8 Å². The van der Waals surface area contributed by atoms with Crippen molar-refractivity contribution in [2.24, 2.45) is 11.8 Å². The summed E-state index contributed by atoms with van der Waals surface area (Å²) < 4.78 is 6.19. The van der Waals surface area contributed by atoms with Crippen molar-refractivity contribution in [3.05, 3.63) is 48.6 Å². The zero-order chi connectivity index (χ0) is 24.2. The van der Waals surface area contributed by atoms with Gasteiger partial charge in [0.15, 0.2) is 0 Å². The first-order valence-corrected chi connectivity index (χ1v) is 12.6. The van der Waals surface area contributed by atoms with Gasteiger partial charge in [-0.15, -0.1) is 16.9 Å². The number of nitrogens with zero attached hydrogens (tertiary/aromatic N) is 5. The molecule has 6 rings (SSSR count). The van der Waals surface area contributed by atoms with Crippen LogP contribution in [-0.2, 0) is 25.8 Å². The van der Waals surface area contributed by atoms with Gasteiger partial charge in [-0.2, -0.15) is 0 Å². The number of esters is 1. The molecule has 35 heavy (non-hydrogen) atoms. The van der Waals surface area contributed by atoms with Crippen molar-refractivity contribution in [3.8, 4) is 0 Å². The van der Waals surface area contributed by atoms with Gasteiger partial charge in [0.25, 0.3) is 0 Å². The minimum Gasteiger partial charge on any atom is -0.465 e. The second-order valence-electron chi connectivity index (χ2n) is 9.16. The molecule has 1 aromatic heterocycles. The summed E-state index contributed by atoms with van der Waals surface area (Å²) in [4.78, 5) is 43.9. The second kappa shape index (κ2) is 8.49. The number of rotatable bonds is 4. The van der Waals surface area contributed by atoms with Crippen LogP contribution in [0.25, 0.3) is 11.0 Å². The fraction of sp³-hybridized carbons (Fsp3) is 0.458. The standard InChI is InChI=1S/C24H25N5O5S/c30-12-11-28-20-22(32)27(14-29-16-7-2-1-6-15(16)25-26-29)10-5-9-24(20)19(21(28)31)18-17(35-24)8-3-4-13-34-23(18)33/h1-3,5-9,17-20,30H,4,10-14H2/t17-,18+,19+,20?,24+/m1/s1. The summed E-state index contributed by atoms with van der Waals surface area (Å²) in [7, 11) is 0. The van der Waals surface area contributed by atoms with Crippen molar-refractivity contribution in [1.82, 2.24) is 24.8 Å². The summed E-state index contributed by atoms with van der Waals surface area (Å²) in [5, 5.41) is 17.9. The number of hydrogen-bond donors (Lipinski definition) is 1. The minimum atomic E-state index is -0.925. The molecule has 1 spiro atoms. The molecule has 0 radical (unpaired) electrons. The van der Waals surface area contributed by atoms with E-state index in [4.69, 9.17) is 4.74 Å². The number of thioether (sulfide) groups is 1. The van der Waals surface area contributed by atoms with Crippen LogP contribution in [0.2, 0.25) is 0 Å². The maximum Gasteiger partial charge on any atom is 0.311 e. The Morgan fingerprint density at radius 2 is 2.03 bits per heavy atom. The van der Waals surface area contributed by atoms with E-state index in [2.05, 4.69) is 10.3 Å². The molecule has 1 unspecified atom stereocenters. The number of aliphatic hydroxyl groups excluding tert-OH is 1. The van der Waals surface area contributed by atoms with Gasteiger partial charge in [-0.05, 0) is 18.6 Å². The number of β-amino-alcohol motifs (C(OH)–C–C–N with tert-alkyl or cyclic N) is 1. The number of aliphatic hydroxyl groups is 1. The van der Waals surface area contributed by atoms with Crippen LogP contribution in [-0.4, -0.2) is 90.0 Å². The van der Waals surface area contributed by atoms with Crippen molar-refractivity contribution >= 4 is 40.6 Å². The Hall–Kier alpha value is -3.18. The average molecular weight is 496 g/mol. The lowest BCUT2D eigenvalue weighted by atomic mass is 9.78. The normalized spacial score (nSPS) is 32.2. The average Bonchev–Trinajstić information content (AvgIpc) is 3.43. The van der Waals surface area contributed by atoms with Crippen molar-refractivity contribution < 1.29 is 24.2 Å². The van der Waals surface area contributed by atoms with Gasteiger partial charge in [-0.25, -0.2) is 4.68 Å². The Kier molecular flexibility index (Phi) is 5.41. The number of carbonyl (C=O) groups excluding carboxylic acids is 3. The number of para-hydroxylation sites is 1. The summed E-state index contributed by atoms with van der Waals surface area (Å²) in [5.74, 6) is -2.35. The number of likely N-dealkylation sites (tertiary alicyclic amines) is 1. The first-order valence-electron chi connectivity index (χ1n) is 11.7. The van der Waals surface area contributed by atoms with Crippen LogP contribution in [0.1, 0.15) is 6.42 Å². The van der Waals surface area contributed by atoms with E-state index in [0.717, 1.165) is 11.0 Å². The smallest absolute Gasteiger partial charge is 0.311 e. The van der Waals surface area contributed by atoms with Gasteiger partial charge in [0.05, 0.1) is 35.3 Å². The molecular formula is C24H25N5O5S. The van der Waals surface area contributed by atoms with Gasteiger partial charge in [-0.1, -0.05) is 41.7 Å². The largest absolute Gasteiger partial charge is 0.465 e. The molecule has 1 aromatic carbocycles. The molecule has 0 bridgehead atoms. The van der Waals surface area contributed by atoms with Crippen LogP contribution in [0.5, 0.6) is 0 Å². The molecule has 182 valence electrons. The Balaban J connectivity index is 1.40. The molecule has 2 fully saturated rings. The summed E-state index contributed by atoms with van der Waals surface area (Å²) >= 11 is 1.49. The summed E-state index contributed by atoms with van der Waals surface area (Å²) in [6.45, 7) is 0.509. The van der Waals surface area contributed by atoms with Crippen LogP contribution in [0.3, 0.4) is 0 Å². The van der Waals surface area contributed by atoms with E-state index in [-0.39, 0.29) is 43.5 Å². The van der Waals surface area contributed by atoms with E-state index in [1.807, 2.05) is 48.6 Å². The van der Waals surface area contributed by atoms with E-state index in [1.54, 1.807) is 9.58 Å². The summed E-state index contributed by atoms with van der Waals surface area (Å²) in [6, 6.07) is 6.67. The molecular weight excluding hydrogens is 470 g/mol. The second-order valence-corrected chi connectivity index (χ2v) is 10.7. The molecule has 0 aliphatic carbocycles. The number of amides is 2. The van der Waals surface area contributed by atoms with E-state index in [0.29, 0.717) is 13.0 Å². The van der Waals surface area contributed by atoms with Gasteiger partial charge < -0.3 is 19.6 Å². The fourth-order valence-corrected chi connectivity index (χ4v) is 7.81. The predicted molar refractivity (Wildman–Crippen MR) is 127 cm³/mol. The molecule has 4 aliphatic rings. The van der Waals surface area contributed by atoms with Gasteiger partial charge in [0.2, 0.25) is 11.8 Å². The third-order valence-corrected chi connectivity index (χ3v) is 9.01. The molecule has 4 aliphatic heterocycles. The van der Waals surface area contributed by atoms with E-state index in [1.165, 1.54) is 16.7 Å². The maximum absolute atomic E-state index is 14.1. The van der Waals surface area contributed by atoms with Crippen molar-refractivity contribution in [1.29, 1.82) is 0 Å². The predicted octanol–water partition coefficient (Wildman–Crippen LogP) is 0.580. The number of ether oxygens (including phenoxy) is 1. The summed E-state index contributed by atoms with van der Waals surface area (Å²) in [5.41, 5.74) is 1.53. The molecule has 10 nitrogen and oxygen atoms in total. The number of cyclic esters (lactones) is 1. The van der Waals surface area contributed by atoms with Gasteiger partial charge in [-0.3, -0.25) is 14.4 Å². The fourth-order valence-electron chi connectivity index (χ4n) is 5.81. The SMILES string of the molecule is O=C1OCCC=C[C@H]2S[C@]34C=CCN(Cn5nnc6ccccc65)C(=O)C3N(CCO)C(=O)[C@@H]4[C@@H]12. The first-order chi connectivity index (χ1) is 17.0. The summed E-state index contributed by atoms with van der Waals surface area (Å²) in [6.07, 6.45) is 8.41. The van der Waals surface area contributed by atoms with Crippen LogP contribution >= 0.6 is 11.8 Å². The molecule has 2 amide bonds. The lowest BCUT2D eigenvalue weighted by molar-refractivity contribution is -0.153. The lowest BCUT2D eigenvalue weighted by Crippen LogP contribution is -2.53. The lowest BCUT2D eigenvalue weighted by Gasteiger charge is -2.34. The Labute approximate surface area is 205 Å². The Bertz CT molecular complexity index is 1260. The first kappa shape index (κ1) is 22.3. The van der Waals surface area contributed by atoms with Crippen molar-refractivity contribution in [3.63, 3.8) is 0 Å². The quantitative estimate of drug-likeness (QED) is 0.484. The Morgan fingerprint density at radius 3 is 2.89 bits per heavy atom. The van der Waals surface area contributed by atoms with E-state index >= 15 is 0 Å². The minimum absolute atomic E-state index is 0.0181. The van der Waals surface area contributed by atoms with E-state index in [9.17, 15) is 19.5 Å². The molecule has 1 N–H and O–H groups in total. The van der Waals surface area contributed by atoms with Gasteiger partial charge >= 0.3 is 5.97 Å². The maximum atomic E-state index is 14.1. The number of carbonyl (C=O) groups is 3. The molecule has 0 saturated carbocycles. The molecule has 5 heterocycles. The number of aromatic nitrogens is 3. The third kappa shape index (κ3) is 3.32. The topological polar surface area (TPSA) is 118 Å². The van der Waals surface area contributed by atoms with Crippen LogP contribution < -0.4 is 0 Å². The highest BCUT2D eigenvalue weighted by Crippen LogP contribution is 2.60. The molecule has 2 saturated heterocycles. The molecule has 2 aromatic rings. The van der Waals surface area contributed by atoms with E-state index < -0.39 is 28.6 Å². The van der Waals surface area contributed by atoms with Crippen molar-refractivity contribution in [2.75, 3.05) is 26.3 Å². The van der Waals surface area contributed by atoms with Gasteiger partial charge in [0.1, 0.15) is 18.2 Å². The number of fused-ring (bicyclic) bond motifs is 3. The molecule has 5 atom stereocenters. The highest BCUT2D eigenvalue weighted by atomic mass is 32.2. The van der Waals surface area contributed by atoms with Gasteiger partial charge in [0, 0.05) is 18.3 Å². The van der Waals surface area contributed by atoms with Crippen molar-refractivity contribution in [2.45, 2.75) is 29.1 Å². The highest BCUT2D eigenvalue weighted by molar-refractivity contribution is 8.02. The molecule has 11 heteroatoms. The zero-order valence-electron chi connectivity index (χ0n) is 18.9. The number of hydrogen-bond acceptors (Lipinski definition) is 8. The van der Waals surface area contributed by atoms with Crippen LogP contribution in [0.4, 0.5) is 0 Å². The highest BCUT2D eigenvalue weighted by Gasteiger charge is 2.70. The number of benzene rings is 1.